The number of aromatic nitrogens is 2. The van der Waals surface area contributed by atoms with Gasteiger partial charge in [-0.1, -0.05) is 63.2 Å². The lowest BCUT2D eigenvalue weighted by molar-refractivity contribution is 0.0729. The number of hydrogen-bond donors (Lipinski definition) is 1. The molecule has 2 aromatic carbocycles. The van der Waals surface area contributed by atoms with Gasteiger partial charge in [-0.15, -0.1) is 0 Å². The highest BCUT2D eigenvalue weighted by molar-refractivity contribution is 5.65. The number of methoxy groups -OCH3 is 1. The molecule has 1 N–H and O–H groups in total. The Morgan fingerprint density at radius 1 is 1.03 bits per heavy atom. The highest BCUT2D eigenvalue weighted by Crippen LogP contribution is 2.37. The SMILES string of the molecule is CCCN(Cc1c(-c2ccccc2)nn(C)c1Oc1ccccc1OC)C[C@@H](O)C(C)C. The summed E-state index contributed by atoms with van der Waals surface area (Å²) in [7, 11) is 3.53. The average molecular weight is 438 g/mol. The van der Waals surface area contributed by atoms with Gasteiger partial charge < -0.3 is 14.6 Å². The van der Waals surface area contributed by atoms with Crippen molar-refractivity contribution in [1.82, 2.24) is 14.7 Å². The summed E-state index contributed by atoms with van der Waals surface area (Å²) in [6.07, 6.45) is 0.603. The highest BCUT2D eigenvalue weighted by Gasteiger charge is 2.24. The zero-order chi connectivity index (χ0) is 23.1. The summed E-state index contributed by atoms with van der Waals surface area (Å²) >= 11 is 0. The summed E-state index contributed by atoms with van der Waals surface area (Å²) in [6.45, 7) is 8.35. The lowest BCUT2D eigenvalue weighted by Gasteiger charge is -2.26. The minimum Gasteiger partial charge on any atom is -0.493 e. The maximum atomic E-state index is 10.6. The highest BCUT2D eigenvalue weighted by atomic mass is 16.5. The number of aliphatic hydroxyl groups excluding tert-OH is 1. The van der Waals surface area contributed by atoms with Gasteiger partial charge in [-0.05, 0) is 31.0 Å². The summed E-state index contributed by atoms with van der Waals surface area (Å²) in [6, 6.07) is 17.8. The van der Waals surface area contributed by atoms with Crippen molar-refractivity contribution in [3.63, 3.8) is 0 Å². The number of hydrogen-bond acceptors (Lipinski definition) is 5. The Kier molecular flexibility index (Phi) is 8.31. The van der Waals surface area contributed by atoms with Crippen LogP contribution in [0.3, 0.4) is 0 Å². The molecule has 0 amide bonds. The predicted octanol–water partition coefficient (Wildman–Crippen LogP) is 5.12. The topological polar surface area (TPSA) is 59.8 Å². The van der Waals surface area contributed by atoms with E-state index in [1.165, 1.54) is 0 Å². The third-order valence-corrected chi connectivity index (χ3v) is 5.55. The van der Waals surface area contributed by atoms with Crippen LogP contribution in [0.2, 0.25) is 0 Å². The molecule has 6 nitrogen and oxygen atoms in total. The minimum atomic E-state index is -0.392. The molecule has 0 aliphatic rings. The van der Waals surface area contributed by atoms with Crippen molar-refractivity contribution in [3.05, 3.63) is 60.2 Å². The molecule has 1 atom stereocenters. The Hall–Kier alpha value is -2.83. The molecule has 0 fully saturated rings. The number of ether oxygens (including phenoxy) is 2. The second-order valence-corrected chi connectivity index (χ2v) is 8.42. The summed E-state index contributed by atoms with van der Waals surface area (Å²) < 4.78 is 13.7. The second kappa shape index (κ2) is 11.2. The van der Waals surface area contributed by atoms with Gasteiger partial charge in [-0.3, -0.25) is 4.90 Å². The summed E-state index contributed by atoms with van der Waals surface area (Å²) in [4.78, 5) is 2.28. The van der Waals surface area contributed by atoms with Crippen LogP contribution in [-0.2, 0) is 13.6 Å². The van der Waals surface area contributed by atoms with Gasteiger partial charge >= 0.3 is 0 Å². The first kappa shape index (κ1) is 23.8. The molecule has 0 radical (unpaired) electrons. The number of aliphatic hydroxyl groups is 1. The summed E-state index contributed by atoms with van der Waals surface area (Å²) in [5, 5.41) is 15.4. The van der Waals surface area contributed by atoms with Crippen molar-refractivity contribution < 1.29 is 14.6 Å². The predicted molar refractivity (Wildman–Crippen MR) is 128 cm³/mol. The maximum Gasteiger partial charge on any atom is 0.222 e. The van der Waals surface area contributed by atoms with E-state index in [0.29, 0.717) is 30.5 Å². The van der Waals surface area contributed by atoms with Gasteiger partial charge in [-0.2, -0.15) is 5.10 Å². The molecule has 0 unspecified atom stereocenters. The standard InChI is InChI=1S/C26H35N3O3/c1-6-16-29(18-22(30)19(2)3)17-21-25(20-12-8-7-9-13-20)27-28(4)26(21)32-24-15-11-10-14-23(24)31-5/h7-15,19,22,30H,6,16-18H2,1-5H3/t22-/m1/s1. The minimum absolute atomic E-state index is 0.196. The number of benzene rings is 2. The maximum absolute atomic E-state index is 10.6. The fourth-order valence-corrected chi connectivity index (χ4v) is 3.71. The fraction of sp³-hybridized carbons (Fsp3) is 0.423. The third kappa shape index (κ3) is 5.69. The number of para-hydroxylation sites is 2. The third-order valence-electron chi connectivity index (χ3n) is 5.55. The zero-order valence-electron chi connectivity index (χ0n) is 19.8. The van der Waals surface area contributed by atoms with Gasteiger partial charge in [0.05, 0.1) is 18.8 Å². The Labute approximate surface area is 191 Å². The van der Waals surface area contributed by atoms with E-state index in [0.717, 1.165) is 29.8 Å². The van der Waals surface area contributed by atoms with Crippen molar-refractivity contribution in [3.8, 4) is 28.6 Å². The molecular weight excluding hydrogens is 402 g/mol. The Morgan fingerprint density at radius 3 is 2.31 bits per heavy atom. The first-order valence-electron chi connectivity index (χ1n) is 11.3. The molecule has 0 aliphatic heterocycles. The number of rotatable bonds is 11. The van der Waals surface area contributed by atoms with Gasteiger partial charge in [0, 0.05) is 25.7 Å². The van der Waals surface area contributed by atoms with Crippen LogP contribution in [0.25, 0.3) is 11.3 Å². The van der Waals surface area contributed by atoms with Crippen LogP contribution in [0.4, 0.5) is 0 Å². The van der Waals surface area contributed by atoms with E-state index in [4.69, 9.17) is 14.6 Å². The molecule has 0 saturated heterocycles. The fourth-order valence-electron chi connectivity index (χ4n) is 3.71. The molecule has 172 valence electrons. The quantitative estimate of drug-likeness (QED) is 0.451. The van der Waals surface area contributed by atoms with Gasteiger partial charge in [0.1, 0.15) is 5.69 Å². The van der Waals surface area contributed by atoms with E-state index in [-0.39, 0.29) is 5.92 Å². The second-order valence-electron chi connectivity index (χ2n) is 8.42. The van der Waals surface area contributed by atoms with E-state index < -0.39 is 6.10 Å². The summed E-state index contributed by atoms with van der Waals surface area (Å²) in [5.41, 5.74) is 2.92. The van der Waals surface area contributed by atoms with E-state index in [9.17, 15) is 5.11 Å². The smallest absolute Gasteiger partial charge is 0.222 e. The van der Waals surface area contributed by atoms with Crippen molar-refractivity contribution in [1.29, 1.82) is 0 Å². The van der Waals surface area contributed by atoms with Crippen LogP contribution in [0.5, 0.6) is 17.4 Å². The van der Waals surface area contributed by atoms with Gasteiger partial charge in [0.2, 0.25) is 5.88 Å². The van der Waals surface area contributed by atoms with Crippen LogP contribution < -0.4 is 9.47 Å². The number of nitrogens with zero attached hydrogens (tertiary/aromatic N) is 3. The molecule has 0 spiro atoms. The van der Waals surface area contributed by atoms with Crippen LogP contribution in [0, 0.1) is 5.92 Å². The molecule has 1 heterocycles. The van der Waals surface area contributed by atoms with Crippen LogP contribution >= 0.6 is 0 Å². The lowest BCUT2D eigenvalue weighted by Crippen LogP contribution is -2.35. The van der Waals surface area contributed by atoms with Gasteiger partial charge in [0.15, 0.2) is 11.5 Å². The molecule has 1 aromatic heterocycles. The van der Waals surface area contributed by atoms with E-state index in [2.05, 4.69) is 24.0 Å². The molecule has 3 aromatic rings. The number of aryl methyl sites for hydroxylation is 1. The van der Waals surface area contributed by atoms with E-state index in [1.54, 1.807) is 11.8 Å². The first-order valence-corrected chi connectivity index (χ1v) is 11.3. The largest absolute Gasteiger partial charge is 0.493 e. The molecule has 6 heteroatoms. The van der Waals surface area contributed by atoms with Crippen LogP contribution in [-0.4, -0.2) is 46.1 Å². The normalized spacial score (nSPS) is 12.4. The molecule has 0 bridgehead atoms. The monoisotopic (exact) mass is 437 g/mol. The van der Waals surface area contributed by atoms with Crippen molar-refractivity contribution in [2.24, 2.45) is 13.0 Å². The average Bonchev–Trinajstić information content (AvgIpc) is 3.10. The van der Waals surface area contributed by atoms with Crippen LogP contribution in [0.1, 0.15) is 32.8 Å². The van der Waals surface area contributed by atoms with Crippen molar-refractivity contribution in [2.45, 2.75) is 39.8 Å². The molecular formula is C26H35N3O3. The van der Waals surface area contributed by atoms with Crippen molar-refractivity contribution >= 4 is 0 Å². The zero-order valence-corrected chi connectivity index (χ0v) is 19.8. The lowest BCUT2D eigenvalue weighted by atomic mass is 10.0. The Morgan fingerprint density at radius 2 is 1.69 bits per heavy atom. The Bertz CT molecular complexity index is 985. The molecule has 3 rings (SSSR count). The summed E-state index contributed by atoms with van der Waals surface area (Å²) in [5.74, 6) is 2.18. The first-order chi connectivity index (χ1) is 15.4. The molecule has 0 aliphatic carbocycles. The van der Waals surface area contributed by atoms with Crippen LogP contribution in [0.15, 0.2) is 54.6 Å². The Balaban J connectivity index is 2.04. The molecule has 0 saturated carbocycles. The van der Waals surface area contributed by atoms with Crippen molar-refractivity contribution in [2.75, 3.05) is 20.2 Å². The van der Waals surface area contributed by atoms with E-state index in [1.807, 2.05) is 63.4 Å². The molecule has 32 heavy (non-hydrogen) atoms. The van der Waals surface area contributed by atoms with Gasteiger partial charge in [-0.25, -0.2) is 4.68 Å². The van der Waals surface area contributed by atoms with Gasteiger partial charge in [0.25, 0.3) is 0 Å². The van der Waals surface area contributed by atoms with E-state index >= 15 is 0 Å².